The Morgan fingerprint density at radius 1 is 1.28 bits per heavy atom. The molecule has 2 atom stereocenters. The molecule has 2 nitrogen and oxygen atoms in total. The van der Waals surface area contributed by atoms with E-state index in [4.69, 9.17) is 0 Å². The Morgan fingerprint density at radius 3 is 2.06 bits per heavy atom. The van der Waals surface area contributed by atoms with Crippen molar-refractivity contribution in [2.45, 2.75) is 40.5 Å². The van der Waals surface area contributed by atoms with Crippen LogP contribution in [0.4, 0.5) is 0 Å². The van der Waals surface area contributed by atoms with Crippen LogP contribution in [0, 0.1) is 11.8 Å². The van der Waals surface area contributed by atoms with Gasteiger partial charge in [0.2, 0.25) is 0 Å². The van der Waals surface area contributed by atoms with Crippen molar-refractivity contribution in [3.8, 4) is 0 Å². The van der Waals surface area contributed by atoms with Crippen LogP contribution >= 0.6 is 0 Å². The highest BCUT2D eigenvalue weighted by atomic mass is 16.5. The molecule has 0 N–H and O–H groups in total. The summed E-state index contributed by atoms with van der Waals surface area (Å²) in [5.41, 5.74) is 1.18. The number of ether oxygens (including phenoxy) is 1. The Morgan fingerprint density at radius 2 is 1.78 bits per heavy atom. The van der Waals surface area contributed by atoms with Gasteiger partial charge in [0, 0.05) is 0 Å². The molecule has 0 aromatic heterocycles. The summed E-state index contributed by atoms with van der Waals surface area (Å²) in [6.45, 7) is 15.4. The highest BCUT2D eigenvalue weighted by Crippen LogP contribution is 2.18. The maximum Gasteiger partial charge on any atom is 0.308 e. The number of carbonyl (C=O) groups excluding carboxylic acids is 1. The van der Waals surface area contributed by atoms with Crippen molar-refractivity contribution >= 4 is 5.97 Å². The van der Waals surface area contributed by atoms with Gasteiger partial charge in [0.25, 0.3) is 0 Å². The molecule has 0 aromatic carbocycles. The minimum Gasteiger partial charge on any atom is -0.469 e. The van der Waals surface area contributed by atoms with Crippen molar-refractivity contribution in [3.05, 3.63) is 37.0 Å². The molecule has 0 aliphatic rings. The van der Waals surface area contributed by atoms with E-state index in [-0.39, 0.29) is 11.9 Å². The van der Waals surface area contributed by atoms with Crippen molar-refractivity contribution in [2.75, 3.05) is 7.11 Å². The average Bonchev–Trinajstić information content (AvgIpc) is 2.35. The van der Waals surface area contributed by atoms with Gasteiger partial charge in [0.1, 0.15) is 0 Å². The predicted molar refractivity (Wildman–Crippen MR) is 79.4 cm³/mol. The lowest BCUT2D eigenvalue weighted by molar-refractivity contribution is -0.145. The minimum absolute atomic E-state index is 0.00630. The molecule has 18 heavy (non-hydrogen) atoms. The molecule has 0 aliphatic heterocycles. The summed E-state index contributed by atoms with van der Waals surface area (Å²) in [6, 6.07) is 0. The van der Waals surface area contributed by atoms with Gasteiger partial charge in [-0.25, -0.2) is 0 Å². The molecule has 0 aliphatic carbocycles. The van der Waals surface area contributed by atoms with E-state index < -0.39 is 0 Å². The van der Waals surface area contributed by atoms with E-state index in [0.717, 1.165) is 12.8 Å². The van der Waals surface area contributed by atoms with Crippen LogP contribution in [0.25, 0.3) is 0 Å². The molecule has 104 valence electrons. The summed E-state index contributed by atoms with van der Waals surface area (Å²) in [5, 5.41) is 0. The summed E-state index contributed by atoms with van der Waals surface area (Å²) in [4.78, 5) is 11.0. The molecule has 0 saturated heterocycles. The van der Waals surface area contributed by atoms with Gasteiger partial charge in [0.05, 0.1) is 13.0 Å². The summed E-state index contributed by atoms with van der Waals surface area (Å²) in [6.07, 6.45) is 7.46. The van der Waals surface area contributed by atoms with Gasteiger partial charge in [-0.1, -0.05) is 50.8 Å². The van der Waals surface area contributed by atoms with Gasteiger partial charge in [-0.2, -0.15) is 0 Å². The van der Waals surface area contributed by atoms with E-state index in [1.54, 1.807) is 6.08 Å². The van der Waals surface area contributed by atoms with Crippen LogP contribution in [-0.4, -0.2) is 13.1 Å². The Balaban J connectivity index is 0. The molecule has 0 radical (unpaired) electrons. The van der Waals surface area contributed by atoms with Crippen molar-refractivity contribution in [2.24, 2.45) is 11.8 Å². The van der Waals surface area contributed by atoms with Crippen LogP contribution < -0.4 is 0 Å². The Kier molecular flexibility index (Phi) is 12.9. The molecule has 0 fully saturated rings. The summed E-state index contributed by atoms with van der Waals surface area (Å²) in [7, 11) is 1.43. The Hall–Kier alpha value is -1.31. The van der Waals surface area contributed by atoms with E-state index >= 15 is 0 Å². The topological polar surface area (TPSA) is 26.3 Å². The number of esters is 1. The normalized spacial score (nSPS) is 13.2. The quantitative estimate of drug-likeness (QED) is 0.394. The molecule has 0 rings (SSSR count). The fraction of sp³-hybridized carbons (Fsp3) is 0.562. The molecule has 0 aromatic rings. The lowest BCUT2D eigenvalue weighted by atomic mass is 9.94. The Labute approximate surface area is 112 Å². The molecule has 2 heteroatoms. The lowest BCUT2D eigenvalue weighted by Crippen LogP contribution is -2.13. The van der Waals surface area contributed by atoms with Gasteiger partial charge in [-0.3, -0.25) is 4.79 Å². The smallest absolute Gasteiger partial charge is 0.308 e. The summed E-state index contributed by atoms with van der Waals surface area (Å²) in [5.74, 6) is 0.382. The second-order valence-corrected chi connectivity index (χ2v) is 4.51. The number of allylic oxidation sites excluding steroid dienone is 4. The molecule has 0 amide bonds. The van der Waals surface area contributed by atoms with E-state index in [1.165, 1.54) is 12.7 Å². The van der Waals surface area contributed by atoms with Gasteiger partial charge in [0.15, 0.2) is 0 Å². The monoisotopic (exact) mass is 252 g/mol. The highest BCUT2D eigenvalue weighted by molar-refractivity contribution is 5.71. The van der Waals surface area contributed by atoms with Gasteiger partial charge >= 0.3 is 5.97 Å². The maximum atomic E-state index is 11.0. The van der Waals surface area contributed by atoms with Crippen molar-refractivity contribution < 1.29 is 9.53 Å². The number of hydrogen-bond donors (Lipinski definition) is 0. The zero-order chi connectivity index (χ0) is 14.6. The Bertz CT molecular complexity index is 277. The maximum absolute atomic E-state index is 11.0. The first-order chi connectivity index (χ1) is 8.40. The SMILES string of the molecule is C=C(C)C(C)CCC(C)C(=O)OC.C=C/C=C\C. The third kappa shape index (κ3) is 11.2. The number of rotatable bonds is 6. The fourth-order valence-corrected chi connectivity index (χ4v) is 1.20. The second-order valence-electron chi connectivity index (χ2n) is 4.51. The first-order valence-corrected chi connectivity index (χ1v) is 6.37. The van der Waals surface area contributed by atoms with Gasteiger partial charge < -0.3 is 4.74 Å². The fourth-order valence-electron chi connectivity index (χ4n) is 1.20. The number of carbonyl (C=O) groups is 1. The van der Waals surface area contributed by atoms with Gasteiger partial charge in [-0.15, -0.1) is 0 Å². The lowest BCUT2D eigenvalue weighted by Gasteiger charge is -2.13. The van der Waals surface area contributed by atoms with Crippen LogP contribution in [0.2, 0.25) is 0 Å². The zero-order valence-corrected chi connectivity index (χ0v) is 12.5. The molecule has 0 spiro atoms. The van der Waals surface area contributed by atoms with Crippen LogP contribution in [-0.2, 0) is 9.53 Å². The van der Waals surface area contributed by atoms with Crippen molar-refractivity contribution in [1.82, 2.24) is 0 Å². The molecule has 0 saturated carbocycles. The summed E-state index contributed by atoms with van der Waals surface area (Å²) < 4.78 is 4.64. The molecular weight excluding hydrogens is 224 g/mol. The molecule has 2 unspecified atom stereocenters. The molecule has 0 heterocycles. The largest absolute Gasteiger partial charge is 0.469 e. The average molecular weight is 252 g/mol. The third-order valence-corrected chi connectivity index (χ3v) is 2.81. The van der Waals surface area contributed by atoms with E-state index in [1.807, 2.05) is 32.9 Å². The standard InChI is InChI=1S/C11H20O2.C5H8/c1-8(2)9(3)6-7-10(4)11(12)13-5;1-3-5-4-2/h9-10H,1,6-7H2,2-5H3;3-5H,1H2,2H3/b;5-4-. The minimum atomic E-state index is -0.117. The zero-order valence-electron chi connectivity index (χ0n) is 12.5. The molecule has 0 bridgehead atoms. The second kappa shape index (κ2) is 12.2. The van der Waals surface area contributed by atoms with Gasteiger partial charge in [-0.05, 0) is 32.6 Å². The van der Waals surface area contributed by atoms with E-state index in [0.29, 0.717) is 5.92 Å². The number of methoxy groups -OCH3 is 1. The van der Waals surface area contributed by atoms with Crippen LogP contribution in [0.5, 0.6) is 0 Å². The molecular formula is C16H28O2. The van der Waals surface area contributed by atoms with Crippen molar-refractivity contribution in [3.63, 3.8) is 0 Å². The number of hydrogen-bond acceptors (Lipinski definition) is 2. The first kappa shape index (κ1) is 19.0. The van der Waals surface area contributed by atoms with E-state index in [9.17, 15) is 4.79 Å². The van der Waals surface area contributed by atoms with Crippen LogP contribution in [0.3, 0.4) is 0 Å². The first-order valence-electron chi connectivity index (χ1n) is 6.37. The third-order valence-electron chi connectivity index (χ3n) is 2.81. The van der Waals surface area contributed by atoms with Crippen LogP contribution in [0.15, 0.2) is 37.0 Å². The van der Waals surface area contributed by atoms with E-state index in [2.05, 4.69) is 24.8 Å². The predicted octanol–water partition coefficient (Wildman–Crippen LogP) is 4.54. The highest BCUT2D eigenvalue weighted by Gasteiger charge is 2.14. The van der Waals surface area contributed by atoms with Crippen molar-refractivity contribution in [1.29, 1.82) is 0 Å². The van der Waals surface area contributed by atoms with Crippen LogP contribution in [0.1, 0.15) is 40.5 Å². The summed E-state index contributed by atoms with van der Waals surface area (Å²) >= 11 is 0.